The largest absolute Gasteiger partial charge is 0.399 e. The minimum absolute atomic E-state index is 0.570. The van der Waals surface area contributed by atoms with Crippen LogP contribution in [0, 0.1) is 0 Å². The Morgan fingerprint density at radius 2 is 2.31 bits per heavy atom. The molecule has 1 aromatic carbocycles. The number of nitrogen functional groups attached to an aromatic ring is 1. The number of benzene rings is 1. The highest BCUT2D eigenvalue weighted by Gasteiger charge is 2.06. The van der Waals surface area contributed by atoms with Gasteiger partial charge in [-0.1, -0.05) is 0 Å². The van der Waals surface area contributed by atoms with Crippen LogP contribution in [0.1, 0.15) is 18.9 Å². The molecule has 0 aliphatic heterocycles. The highest BCUT2D eigenvalue weighted by molar-refractivity contribution is 5.78. The molecule has 0 radical (unpaired) electrons. The molecule has 4 heteroatoms. The van der Waals surface area contributed by atoms with Crippen molar-refractivity contribution in [2.45, 2.75) is 13.0 Å². The average molecular weight is 177 g/mol. The molecule has 2 aromatic rings. The van der Waals surface area contributed by atoms with Crippen molar-refractivity contribution in [2.24, 2.45) is 0 Å². The molecule has 0 saturated carbocycles. The van der Waals surface area contributed by atoms with Crippen molar-refractivity contribution in [3.8, 4) is 0 Å². The number of nitrogens with two attached hydrogens (primary N) is 1. The average Bonchev–Trinajstić information content (AvgIpc) is 2.46. The molecular weight excluding hydrogens is 166 g/mol. The quantitative estimate of drug-likeness (QED) is 0.573. The molecule has 0 saturated heterocycles. The number of fused-ring (bicyclic) bond motifs is 1. The molecule has 1 atom stereocenters. The molecule has 1 heterocycles. The van der Waals surface area contributed by atoms with E-state index in [2.05, 4.69) is 9.97 Å². The summed E-state index contributed by atoms with van der Waals surface area (Å²) in [6.07, 6.45) is -0.575. The Bertz CT molecular complexity index is 433. The van der Waals surface area contributed by atoms with Gasteiger partial charge in [0, 0.05) is 5.69 Å². The minimum Gasteiger partial charge on any atom is -0.399 e. The maximum atomic E-state index is 9.27. The van der Waals surface area contributed by atoms with Gasteiger partial charge in [-0.05, 0) is 25.1 Å². The molecule has 0 bridgehead atoms. The second-order valence-electron chi connectivity index (χ2n) is 3.07. The van der Waals surface area contributed by atoms with Crippen molar-refractivity contribution in [3.63, 3.8) is 0 Å². The van der Waals surface area contributed by atoms with E-state index < -0.39 is 6.10 Å². The van der Waals surface area contributed by atoms with Crippen molar-refractivity contribution in [1.82, 2.24) is 9.97 Å². The Morgan fingerprint density at radius 3 is 3.00 bits per heavy atom. The van der Waals surface area contributed by atoms with Crippen LogP contribution in [0.4, 0.5) is 5.69 Å². The second kappa shape index (κ2) is 2.74. The Morgan fingerprint density at radius 1 is 1.54 bits per heavy atom. The maximum Gasteiger partial charge on any atom is 0.135 e. The van der Waals surface area contributed by atoms with Gasteiger partial charge in [-0.3, -0.25) is 0 Å². The summed E-state index contributed by atoms with van der Waals surface area (Å²) >= 11 is 0. The molecule has 68 valence electrons. The van der Waals surface area contributed by atoms with E-state index in [-0.39, 0.29) is 0 Å². The van der Waals surface area contributed by atoms with Crippen LogP contribution in [0.25, 0.3) is 11.0 Å². The normalized spacial score (nSPS) is 13.4. The van der Waals surface area contributed by atoms with Crippen LogP contribution in [0.5, 0.6) is 0 Å². The van der Waals surface area contributed by atoms with Crippen LogP contribution in [-0.2, 0) is 0 Å². The first kappa shape index (κ1) is 8.07. The third-order valence-electron chi connectivity index (χ3n) is 1.92. The molecule has 0 spiro atoms. The predicted molar refractivity (Wildman–Crippen MR) is 51.1 cm³/mol. The van der Waals surface area contributed by atoms with Crippen molar-refractivity contribution >= 4 is 16.7 Å². The number of imidazole rings is 1. The number of aromatic amines is 1. The summed E-state index contributed by atoms with van der Waals surface area (Å²) in [6, 6.07) is 5.41. The van der Waals surface area contributed by atoms with Crippen LogP contribution in [0.15, 0.2) is 18.2 Å². The van der Waals surface area contributed by atoms with E-state index in [1.165, 1.54) is 0 Å². The third kappa shape index (κ3) is 1.36. The number of H-pyrrole nitrogens is 1. The van der Waals surface area contributed by atoms with E-state index in [1.54, 1.807) is 19.1 Å². The molecule has 2 rings (SSSR count). The molecule has 0 aliphatic carbocycles. The highest BCUT2D eigenvalue weighted by Crippen LogP contribution is 2.17. The van der Waals surface area contributed by atoms with Crippen LogP contribution in [0.3, 0.4) is 0 Å². The number of rotatable bonds is 1. The SMILES string of the molecule is C[C@H](O)c1nc2ccc(N)cc2[nH]1. The van der Waals surface area contributed by atoms with Crippen molar-refractivity contribution in [2.75, 3.05) is 5.73 Å². The maximum absolute atomic E-state index is 9.27. The first-order valence-electron chi connectivity index (χ1n) is 4.10. The van der Waals surface area contributed by atoms with Gasteiger partial charge in [0.2, 0.25) is 0 Å². The monoisotopic (exact) mass is 177 g/mol. The summed E-state index contributed by atoms with van der Waals surface area (Å²) in [5.74, 6) is 0.570. The molecule has 0 fully saturated rings. The molecule has 0 amide bonds. The number of nitrogens with zero attached hydrogens (tertiary/aromatic N) is 1. The third-order valence-corrected chi connectivity index (χ3v) is 1.92. The number of aromatic nitrogens is 2. The van der Waals surface area contributed by atoms with Gasteiger partial charge >= 0.3 is 0 Å². The lowest BCUT2D eigenvalue weighted by atomic mass is 10.3. The van der Waals surface area contributed by atoms with Gasteiger partial charge in [0.05, 0.1) is 11.0 Å². The predicted octanol–water partition coefficient (Wildman–Crippen LogP) is 1.20. The zero-order chi connectivity index (χ0) is 9.42. The van der Waals surface area contributed by atoms with Crippen LogP contribution in [-0.4, -0.2) is 15.1 Å². The zero-order valence-electron chi connectivity index (χ0n) is 7.28. The van der Waals surface area contributed by atoms with Crippen molar-refractivity contribution in [3.05, 3.63) is 24.0 Å². The van der Waals surface area contributed by atoms with Gasteiger partial charge in [-0.25, -0.2) is 4.98 Å². The highest BCUT2D eigenvalue weighted by atomic mass is 16.3. The van der Waals surface area contributed by atoms with E-state index >= 15 is 0 Å². The van der Waals surface area contributed by atoms with E-state index in [0.29, 0.717) is 11.5 Å². The fraction of sp³-hybridized carbons (Fsp3) is 0.222. The summed E-state index contributed by atoms with van der Waals surface area (Å²) in [5.41, 5.74) is 7.97. The fourth-order valence-corrected chi connectivity index (χ4v) is 1.24. The molecule has 4 N–H and O–H groups in total. The van der Waals surface area contributed by atoms with Crippen molar-refractivity contribution in [1.29, 1.82) is 0 Å². The molecule has 1 aromatic heterocycles. The lowest BCUT2D eigenvalue weighted by Crippen LogP contribution is -1.92. The Labute approximate surface area is 75.4 Å². The summed E-state index contributed by atoms with van der Waals surface area (Å²) in [6.45, 7) is 1.67. The Hall–Kier alpha value is -1.55. The summed E-state index contributed by atoms with van der Waals surface area (Å²) in [4.78, 5) is 7.19. The number of nitrogens with one attached hydrogen (secondary N) is 1. The van der Waals surface area contributed by atoms with Gasteiger partial charge in [-0.15, -0.1) is 0 Å². The van der Waals surface area contributed by atoms with E-state index in [1.807, 2.05) is 6.07 Å². The smallest absolute Gasteiger partial charge is 0.135 e. The van der Waals surface area contributed by atoms with E-state index in [9.17, 15) is 5.11 Å². The lowest BCUT2D eigenvalue weighted by Gasteiger charge is -1.95. The second-order valence-corrected chi connectivity index (χ2v) is 3.07. The lowest BCUT2D eigenvalue weighted by molar-refractivity contribution is 0.190. The minimum atomic E-state index is -0.575. The number of aliphatic hydroxyl groups is 1. The molecule has 0 aliphatic rings. The standard InChI is InChI=1S/C9H11N3O/c1-5(13)9-11-7-3-2-6(10)4-8(7)12-9/h2-5,13H,10H2,1H3,(H,11,12)/t5-/m0/s1. The molecule has 4 nitrogen and oxygen atoms in total. The fourth-order valence-electron chi connectivity index (χ4n) is 1.24. The van der Waals surface area contributed by atoms with Gasteiger partial charge in [0.15, 0.2) is 0 Å². The van der Waals surface area contributed by atoms with Crippen molar-refractivity contribution < 1.29 is 5.11 Å². The van der Waals surface area contributed by atoms with Crippen LogP contribution < -0.4 is 5.73 Å². The van der Waals surface area contributed by atoms with Crippen LogP contribution >= 0.6 is 0 Å². The number of aliphatic hydroxyl groups excluding tert-OH is 1. The van der Waals surface area contributed by atoms with Crippen LogP contribution in [0.2, 0.25) is 0 Å². The zero-order valence-corrected chi connectivity index (χ0v) is 7.28. The van der Waals surface area contributed by atoms with Gasteiger partial charge in [0.1, 0.15) is 11.9 Å². The summed E-state index contributed by atoms with van der Waals surface area (Å²) in [5, 5.41) is 9.27. The van der Waals surface area contributed by atoms with Gasteiger partial charge in [0.25, 0.3) is 0 Å². The summed E-state index contributed by atoms with van der Waals surface area (Å²) < 4.78 is 0. The number of anilines is 1. The molecule has 0 unspecified atom stereocenters. The molecular formula is C9H11N3O. The van der Waals surface area contributed by atoms with E-state index in [4.69, 9.17) is 5.73 Å². The number of hydrogen-bond donors (Lipinski definition) is 3. The van der Waals surface area contributed by atoms with Gasteiger partial charge in [-0.2, -0.15) is 0 Å². The summed E-state index contributed by atoms with van der Waals surface area (Å²) in [7, 11) is 0. The first-order chi connectivity index (χ1) is 6.16. The number of hydrogen-bond acceptors (Lipinski definition) is 3. The first-order valence-corrected chi connectivity index (χ1v) is 4.10. The topological polar surface area (TPSA) is 74.9 Å². The molecule has 13 heavy (non-hydrogen) atoms. The van der Waals surface area contributed by atoms with Gasteiger partial charge < -0.3 is 15.8 Å². The Balaban J connectivity index is 2.62. The van der Waals surface area contributed by atoms with E-state index in [0.717, 1.165) is 11.0 Å². The Kier molecular flexibility index (Phi) is 1.70.